The van der Waals surface area contributed by atoms with Crippen LogP contribution in [0.2, 0.25) is 0 Å². The van der Waals surface area contributed by atoms with Gasteiger partial charge in [-0.2, -0.15) is 0 Å². The average molecular weight is 614 g/mol. The van der Waals surface area contributed by atoms with Crippen LogP contribution in [0.15, 0.2) is 83.8 Å². The molecular formula is C33H32FN5O6. The van der Waals surface area contributed by atoms with Crippen LogP contribution < -0.4 is 25.7 Å². The molecule has 0 spiro atoms. The van der Waals surface area contributed by atoms with Gasteiger partial charge in [0.15, 0.2) is 11.6 Å². The van der Waals surface area contributed by atoms with Crippen molar-refractivity contribution in [3.63, 3.8) is 0 Å². The monoisotopic (exact) mass is 613 g/mol. The van der Waals surface area contributed by atoms with Gasteiger partial charge in [0.25, 0.3) is 11.5 Å². The summed E-state index contributed by atoms with van der Waals surface area (Å²) in [6, 6.07) is 18.4. The maximum atomic E-state index is 15.3. The van der Waals surface area contributed by atoms with E-state index in [4.69, 9.17) is 9.47 Å². The molecule has 232 valence electrons. The van der Waals surface area contributed by atoms with Gasteiger partial charge in [0.1, 0.15) is 17.1 Å². The van der Waals surface area contributed by atoms with Crippen molar-refractivity contribution in [3.8, 4) is 22.9 Å². The molecule has 0 aliphatic carbocycles. The molecule has 0 saturated carbocycles. The summed E-state index contributed by atoms with van der Waals surface area (Å²) in [6.45, 7) is 5.36. The predicted octanol–water partition coefficient (Wildman–Crippen LogP) is 6.27. The van der Waals surface area contributed by atoms with Crippen molar-refractivity contribution < 1.29 is 28.6 Å². The van der Waals surface area contributed by atoms with Crippen LogP contribution in [0.3, 0.4) is 0 Å². The van der Waals surface area contributed by atoms with Crippen molar-refractivity contribution in [2.45, 2.75) is 26.8 Å². The highest BCUT2D eigenvalue weighted by atomic mass is 19.1. The average Bonchev–Trinajstić information content (AvgIpc) is 3.25. The van der Waals surface area contributed by atoms with E-state index >= 15 is 4.39 Å². The maximum absolute atomic E-state index is 15.3. The molecule has 0 saturated heterocycles. The fourth-order valence-corrected chi connectivity index (χ4v) is 5.14. The van der Waals surface area contributed by atoms with E-state index in [9.17, 15) is 19.5 Å². The Morgan fingerprint density at radius 1 is 1.00 bits per heavy atom. The fourth-order valence-electron chi connectivity index (χ4n) is 5.14. The molecule has 2 heterocycles. The second kappa shape index (κ2) is 12.2. The Kier molecular flexibility index (Phi) is 8.32. The second-order valence-electron chi connectivity index (χ2n) is 11.4. The lowest BCUT2D eigenvalue weighted by Gasteiger charge is -2.31. The Balaban J connectivity index is 1.51. The number of halogens is 1. The molecule has 0 fully saturated rings. The van der Waals surface area contributed by atoms with Crippen LogP contribution >= 0.6 is 0 Å². The predicted molar refractivity (Wildman–Crippen MR) is 167 cm³/mol. The van der Waals surface area contributed by atoms with Crippen LogP contribution in [0.25, 0.3) is 16.6 Å². The number of methoxy groups -OCH3 is 1. The van der Waals surface area contributed by atoms with Crippen molar-refractivity contribution >= 4 is 28.6 Å². The third kappa shape index (κ3) is 6.21. The van der Waals surface area contributed by atoms with E-state index < -0.39 is 34.8 Å². The van der Waals surface area contributed by atoms with Crippen molar-refractivity contribution in [3.05, 3.63) is 106 Å². The topological polar surface area (TPSA) is 137 Å². The Bertz CT molecular complexity index is 1960. The zero-order chi connectivity index (χ0) is 32.5. The molecule has 5 rings (SSSR count). The summed E-state index contributed by atoms with van der Waals surface area (Å²) >= 11 is 0. The van der Waals surface area contributed by atoms with Gasteiger partial charge >= 0.3 is 6.09 Å². The van der Waals surface area contributed by atoms with Gasteiger partial charge in [0.05, 0.1) is 30.0 Å². The van der Waals surface area contributed by atoms with E-state index in [2.05, 4.69) is 15.6 Å². The van der Waals surface area contributed by atoms with Crippen molar-refractivity contribution in [2.75, 3.05) is 12.4 Å². The maximum Gasteiger partial charge on any atom is 0.405 e. The summed E-state index contributed by atoms with van der Waals surface area (Å²) in [4.78, 5) is 43.7. The van der Waals surface area contributed by atoms with Crippen LogP contribution in [0.1, 0.15) is 42.9 Å². The first kappa shape index (κ1) is 30.8. The van der Waals surface area contributed by atoms with Crippen molar-refractivity contribution in [1.29, 1.82) is 0 Å². The number of fused-ring (bicyclic) bond motifs is 1. The van der Waals surface area contributed by atoms with Gasteiger partial charge in [-0.25, -0.2) is 13.9 Å². The van der Waals surface area contributed by atoms with E-state index in [-0.39, 0.29) is 22.7 Å². The summed E-state index contributed by atoms with van der Waals surface area (Å²) in [5.74, 6) is -0.706. The molecule has 45 heavy (non-hydrogen) atoms. The lowest BCUT2D eigenvalue weighted by atomic mass is 9.83. The van der Waals surface area contributed by atoms with Gasteiger partial charge in [-0.15, -0.1) is 0 Å². The number of nitrogens with zero attached hydrogens (tertiary/aromatic N) is 3. The minimum atomic E-state index is -1.32. The summed E-state index contributed by atoms with van der Waals surface area (Å²) in [5.41, 5.74) is -0.405. The number of carboxylic acid groups (broad SMARTS) is 1. The summed E-state index contributed by atoms with van der Waals surface area (Å²) < 4.78 is 29.2. The molecule has 0 aliphatic heterocycles. The third-order valence-corrected chi connectivity index (χ3v) is 7.27. The molecule has 3 N–H and O–H groups in total. The largest absolute Gasteiger partial charge is 0.497 e. The van der Waals surface area contributed by atoms with Gasteiger partial charge in [-0.05, 0) is 47.9 Å². The molecule has 1 unspecified atom stereocenters. The van der Waals surface area contributed by atoms with Crippen LogP contribution in [-0.4, -0.2) is 38.6 Å². The highest BCUT2D eigenvalue weighted by Gasteiger charge is 2.37. The highest BCUT2D eigenvalue weighted by Crippen LogP contribution is 2.36. The van der Waals surface area contributed by atoms with Gasteiger partial charge < -0.3 is 25.2 Å². The number of anilines is 1. The number of para-hydroxylation sites is 1. The van der Waals surface area contributed by atoms with Crippen LogP contribution in [0.4, 0.5) is 14.9 Å². The summed E-state index contributed by atoms with van der Waals surface area (Å²) in [7, 11) is 3.12. The quantitative estimate of drug-likeness (QED) is 0.188. The second-order valence-corrected chi connectivity index (χ2v) is 11.4. The molecule has 5 aromatic rings. The summed E-state index contributed by atoms with van der Waals surface area (Å²) in [6.07, 6.45) is 0.216. The molecule has 2 aromatic heterocycles. The Morgan fingerprint density at radius 3 is 2.38 bits per heavy atom. The molecule has 11 nitrogen and oxygen atoms in total. The number of nitrogens with one attached hydrogen (secondary N) is 2. The zero-order valence-corrected chi connectivity index (χ0v) is 25.3. The van der Waals surface area contributed by atoms with Crippen LogP contribution in [-0.2, 0) is 7.05 Å². The molecule has 1 atom stereocenters. The lowest BCUT2D eigenvalue weighted by molar-refractivity contribution is 0.102. The van der Waals surface area contributed by atoms with Gasteiger partial charge in [0, 0.05) is 36.5 Å². The number of pyridine rings is 1. The highest BCUT2D eigenvalue weighted by molar-refractivity contribution is 6.05. The molecule has 0 bridgehead atoms. The lowest BCUT2D eigenvalue weighted by Crippen LogP contribution is -2.38. The number of carbonyl (C=O) groups excluding carboxylic acids is 1. The minimum absolute atomic E-state index is 0.0631. The normalized spacial score (nSPS) is 12.0. The van der Waals surface area contributed by atoms with Gasteiger partial charge in [-0.1, -0.05) is 39.0 Å². The molecule has 2 amide bonds. The molecule has 12 heteroatoms. The van der Waals surface area contributed by atoms with Gasteiger partial charge in [0.2, 0.25) is 0 Å². The molecule has 0 radical (unpaired) electrons. The fraction of sp³-hybridized carbons (Fsp3) is 0.212. The van der Waals surface area contributed by atoms with E-state index in [0.29, 0.717) is 28.1 Å². The third-order valence-electron chi connectivity index (χ3n) is 7.27. The number of rotatable bonds is 8. The number of hydrogen-bond acceptors (Lipinski definition) is 6. The number of amides is 2. The van der Waals surface area contributed by atoms with Gasteiger partial charge in [-0.3, -0.25) is 19.3 Å². The Hall–Kier alpha value is -5.65. The zero-order valence-electron chi connectivity index (χ0n) is 25.3. The number of carbonyl (C=O) groups is 2. The Morgan fingerprint density at radius 2 is 1.73 bits per heavy atom. The molecule has 3 aromatic carbocycles. The standard InChI is InChI=1S/C33H32FN5O6/c1-33(2,3)29(37-32(42)43)28-27(31(41)39(38(28)4)20-9-7-6-8-10-20)30(40)36-19-11-14-26(23(34)17-19)45-25-15-16-35-24-18-21(44-5)12-13-22(24)25/h6-18,29,37H,1-5H3,(H,36,40)(H,42,43). The number of hydrogen-bond donors (Lipinski definition) is 3. The van der Waals surface area contributed by atoms with E-state index in [1.165, 1.54) is 27.7 Å². The number of ether oxygens (including phenoxy) is 2. The van der Waals surface area contributed by atoms with E-state index in [1.807, 2.05) is 0 Å². The molecular weight excluding hydrogens is 581 g/mol. The van der Waals surface area contributed by atoms with E-state index in [1.54, 1.807) is 89.5 Å². The SMILES string of the molecule is COc1ccc2c(Oc3ccc(NC(=O)c4c(C(NC(=O)O)C(C)(C)C)n(C)n(-c5ccccc5)c4=O)cc3F)ccnc2c1. The number of benzene rings is 3. The molecule has 0 aliphatic rings. The van der Waals surface area contributed by atoms with Crippen LogP contribution in [0, 0.1) is 11.2 Å². The number of aromatic nitrogens is 3. The first-order chi connectivity index (χ1) is 21.4. The van der Waals surface area contributed by atoms with Crippen molar-refractivity contribution in [1.82, 2.24) is 19.7 Å². The first-order valence-corrected chi connectivity index (χ1v) is 14.0. The smallest absolute Gasteiger partial charge is 0.405 e. The summed E-state index contributed by atoms with van der Waals surface area (Å²) in [5, 5.41) is 15.3. The van der Waals surface area contributed by atoms with Crippen LogP contribution in [0.5, 0.6) is 17.2 Å². The van der Waals surface area contributed by atoms with E-state index in [0.717, 1.165) is 6.07 Å². The minimum Gasteiger partial charge on any atom is -0.497 e. The first-order valence-electron chi connectivity index (χ1n) is 14.0. The van der Waals surface area contributed by atoms with Crippen molar-refractivity contribution in [2.24, 2.45) is 12.5 Å². The Labute approximate surface area is 257 Å².